The van der Waals surface area contributed by atoms with Gasteiger partial charge in [0.25, 0.3) is 0 Å². The normalized spacial score (nSPS) is 12.8. The molecule has 2 nitrogen and oxygen atoms in total. The molecule has 0 aliphatic heterocycles. The number of hydrogen-bond acceptors (Lipinski definition) is 0. The third-order valence-corrected chi connectivity index (χ3v) is 8.41. The van der Waals surface area contributed by atoms with Gasteiger partial charge < -0.3 is 9.13 Å². The van der Waals surface area contributed by atoms with Crippen molar-refractivity contribution in [1.82, 2.24) is 9.13 Å². The quantitative estimate of drug-likeness (QED) is 0.215. The van der Waals surface area contributed by atoms with Crippen LogP contribution in [0, 0.1) is 0 Å². The van der Waals surface area contributed by atoms with Crippen molar-refractivity contribution in [2.45, 2.75) is 52.4 Å². The third-order valence-electron chi connectivity index (χ3n) is 8.41. The smallest absolute Gasteiger partial charge is 0.0562 e. The molecular weight excluding hydrogens is 484 g/mol. The molecule has 198 valence electrons. The highest BCUT2D eigenvalue weighted by Gasteiger charge is 2.22. The minimum atomic E-state index is 0.0738. The van der Waals surface area contributed by atoms with Crippen LogP contribution in [0.3, 0.4) is 0 Å². The molecule has 0 aliphatic rings. The Kier molecular flexibility index (Phi) is 5.31. The monoisotopic (exact) mass is 520 g/mol. The first-order valence-electron chi connectivity index (χ1n) is 14.3. The maximum Gasteiger partial charge on any atom is 0.0562 e. The summed E-state index contributed by atoms with van der Waals surface area (Å²) in [5.74, 6) is 0. The minimum Gasteiger partial charge on any atom is -0.309 e. The van der Waals surface area contributed by atoms with E-state index in [0.29, 0.717) is 0 Å². The maximum absolute atomic E-state index is 2.45. The van der Waals surface area contributed by atoms with E-state index in [-0.39, 0.29) is 10.8 Å². The fourth-order valence-corrected chi connectivity index (χ4v) is 6.18. The Morgan fingerprint density at radius 2 is 0.750 bits per heavy atom. The molecule has 0 radical (unpaired) electrons. The summed E-state index contributed by atoms with van der Waals surface area (Å²) in [5, 5.41) is 5.21. The molecule has 7 rings (SSSR count). The van der Waals surface area contributed by atoms with E-state index in [9.17, 15) is 0 Å². The van der Waals surface area contributed by atoms with Crippen LogP contribution in [-0.2, 0) is 10.8 Å². The summed E-state index contributed by atoms with van der Waals surface area (Å²) < 4.78 is 4.87. The zero-order valence-electron chi connectivity index (χ0n) is 24.3. The van der Waals surface area contributed by atoms with Crippen LogP contribution in [0.4, 0.5) is 0 Å². The van der Waals surface area contributed by atoms with E-state index in [4.69, 9.17) is 0 Å². The molecule has 0 saturated heterocycles. The van der Waals surface area contributed by atoms with Gasteiger partial charge in [0.15, 0.2) is 0 Å². The molecule has 0 bridgehead atoms. The summed E-state index contributed by atoms with van der Waals surface area (Å²) in [7, 11) is 0. The lowest BCUT2D eigenvalue weighted by Gasteiger charge is -2.19. The van der Waals surface area contributed by atoms with Crippen LogP contribution in [-0.4, -0.2) is 9.13 Å². The van der Waals surface area contributed by atoms with Gasteiger partial charge in [-0.3, -0.25) is 0 Å². The van der Waals surface area contributed by atoms with Crippen molar-refractivity contribution in [2.24, 2.45) is 0 Å². The van der Waals surface area contributed by atoms with Crippen molar-refractivity contribution in [3.05, 3.63) is 120 Å². The van der Waals surface area contributed by atoms with E-state index in [2.05, 4.69) is 160 Å². The average Bonchev–Trinajstić information content (AvgIpc) is 3.43. The Labute approximate surface area is 236 Å². The minimum absolute atomic E-state index is 0.0738. The zero-order chi connectivity index (χ0) is 27.8. The number of aromatic nitrogens is 2. The Morgan fingerprint density at radius 1 is 0.375 bits per heavy atom. The number of benzene rings is 5. The van der Waals surface area contributed by atoms with Gasteiger partial charge in [0.2, 0.25) is 0 Å². The first-order valence-corrected chi connectivity index (χ1v) is 14.3. The molecule has 0 spiro atoms. The lowest BCUT2D eigenvalue weighted by molar-refractivity contribution is 0.591. The molecule has 40 heavy (non-hydrogen) atoms. The highest BCUT2D eigenvalue weighted by Crippen LogP contribution is 2.41. The van der Waals surface area contributed by atoms with E-state index in [0.717, 1.165) is 0 Å². The Balaban J connectivity index is 1.68. The molecule has 0 amide bonds. The van der Waals surface area contributed by atoms with Gasteiger partial charge in [-0.1, -0.05) is 90.1 Å². The predicted molar refractivity (Wildman–Crippen MR) is 173 cm³/mol. The number of hydrogen-bond donors (Lipinski definition) is 0. The summed E-state index contributed by atoms with van der Waals surface area (Å²) in [6, 6.07) is 40.5. The second-order valence-corrected chi connectivity index (χ2v) is 13.2. The van der Waals surface area contributed by atoms with Crippen LogP contribution < -0.4 is 0 Å². The van der Waals surface area contributed by atoms with Gasteiger partial charge in [-0.05, 0) is 82.6 Å². The lowest BCUT2D eigenvalue weighted by atomic mass is 9.86. The van der Waals surface area contributed by atoms with Gasteiger partial charge in [0, 0.05) is 32.9 Å². The van der Waals surface area contributed by atoms with Crippen molar-refractivity contribution < 1.29 is 0 Å². The Bertz CT molecular complexity index is 1890. The topological polar surface area (TPSA) is 9.86 Å². The molecule has 0 saturated carbocycles. The first-order chi connectivity index (χ1) is 19.1. The molecule has 0 aliphatic carbocycles. The molecule has 0 N–H and O–H groups in total. The van der Waals surface area contributed by atoms with E-state index in [1.165, 1.54) is 66.1 Å². The number of rotatable bonds is 2. The maximum atomic E-state index is 2.45. The summed E-state index contributed by atoms with van der Waals surface area (Å²) >= 11 is 0. The summed E-state index contributed by atoms with van der Waals surface area (Å²) in [6.07, 6.45) is 0. The van der Waals surface area contributed by atoms with Crippen LogP contribution in [0.1, 0.15) is 52.7 Å². The van der Waals surface area contributed by atoms with Crippen LogP contribution >= 0.6 is 0 Å². The zero-order valence-corrected chi connectivity index (χ0v) is 24.3. The van der Waals surface area contributed by atoms with Crippen molar-refractivity contribution in [1.29, 1.82) is 0 Å². The molecule has 2 aromatic heterocycles. The number of para-hydroxylation sites is 2. The predicted octanol–water partition coefficient (Wildman–Crippen LogP) is 10.5. The summed E-state index contributed by atoms with van der Waals surface area (Å²) in [4.78, 5) is 0. The highest BCUT2D eigenvalue weighted by molar-refractivity contribution is 6.19. The second kappa shape index (κ2) is 8.60. The molecule has 2 heterocycles. The number of nitrogens with zero attached hydrogens (tertiary/aromatic N) is 2. The fourth-order valence-electron chi connectivity index (χ4n) is 6.18. The lowest BCUT2D eigenvalue weighted by Crippen LogP contribution is -2.10. The van der Waals surface area contributed by atoms with Gasteiger partial charge in [-0.2, -0.15) is 0 Å². The van der Waals surface area contributed by atoms with Gasteiger partial charge >= 0.3 is 0 Å². The Hall–Kier alpha value is -4.30. The SMILES string of the molecule is CC(C)(C)c1ccc2c(c1)c1cc3c4cc(C(C)(C)C)ccc4n(-c4ccccc4)c3cc1n2-c1ccccc1. The highest BCUT2D eigenvalue weighted by atomic mass is 15.0. The molecule has 2 heteroatoms. The Morgan fingerprint density at radius 3 is 1.12 bits per heavy atom. The van der Waals surface area contributed by atoms with Gasteiger partial charge in [-0.15, -0.1) is 0 Å². The van der Waals surface area contributed by atoms with Crippen LogP contribution in [0.2, 0.25) is 0 Å². The fraction of sp³-hybridized carbons (Fsp3) is 0.211. The van der Waals surface area contributed by atoms with Crippen molar-refractivity contribution in [3.8, 4) is 11.4 Å². The summed E-state index contributed by atoms with van der Waals surface area (Å²) in [5.41, 5.74) is 10.2. The van der Waals surface area contributed by atoms with Crippen molar-refractivity contribution in [2.75, 3.05) is 0 Å². The van der Waals surface area contributed by atoms with Gasteiger partial charge in [-0.25, -0.2) is 0 Å². The van der Waals surface area contributed by atoms with Crippen molar-refractivity contribution >= 4 is 43.6 Å². The van der Waals surface area contributed by atoms with Crippen LogP contribution in [0.15, 0.2) is 109 Å². The molecule has 0 unspecified atom stereocenters. The van der Waals surface area contributed by atoms with E-state index < -0.39 is 0 Å². The number of fused-ring (bicyclic) bond motifs is 6. The van der Waals surface area contributed by atoms with Crippen molar-refractivity contribution in [3.63, 3.8) is 0 Å². The standard InChI is InChI=1S/C38H36N2/c1-37(2,3)25-17-19-33-29(21-25)31-23-32-30-22-26(38(4,5)6)18-20-34(30)40(28-15-11-8-12-16-28)36(32)24-35(31)39(33)27-13-9-7-10-14-27/h7-24H,1-6H3. The first kappa shape index (κ1) is 24.7. The van der Waals surface area contributed by atoms with Gasteiger partial charge in [0.05, 0.1) is 22.1 Å². The molecule has 5 aromatic carbocycles. The van der Waals surface area contributed by atoms with E-state index in [1.54, 1.807) is 0 Å². The molecule has 7 aromatic rings. The molecule has 0 fully saturated rings. The van der Waals surface area contributed by atoms with Crippen LogP contribution in [0.25, 0.3) is 55.0 Å². The molecular formula is C38H36N2. The second-order valence-electron chi connectivity index (χ2n) is 13.2. The van der Waals surface area contributed by atoms with Gasteiger partial charge in [0.1, 0.15) is 0 Å². The average molecular weight is 521 g/mol. The van der Waals surface area contributed by atoms with E-state index in [1.807, 2.05) is 0 Å². The van der Waals surface area contributed by atoms with Crippen LogP contribution in [0.5, 0.6) is 0 Å². The largest absolute Gasteiger partial charge is 0.309 e. The molecule has 0 atom stereocenters. The summed E-state index contributed by atoms with van der Waals surface area (Å²) in [6.45, 7) is 13.8. The van der Waals surface area contributed by atoms with E-state index >= 15 is 0 Å². The third kappa shape index (κ3) is 3.78.